The number of rotatable bonds is 6. The monoisotopic (exact) mass is 493 g/mol. The highest BCUT2D eigenvalue weighted by molar-refractivity contribution is 6.33. The van der Waals surface area contributed by atoms with Crippen LogP contribution in [0.25, 0.3) is 16.9 Å². The van der Waals surface area contributed by atoms with E-state index in [0.29, 0.717) is 60.3 Å². The van der Waals surface area contributed by atoms with Gasteiger partial charge in [-0.15, -0.1) is 0 Å². The second-order valence-corrected chi connectivity index (χ2v) is 8.79. The van der Waals surface area contributed by atoms with E-state index in [9.17, 15) is 9.59 Å². The highest BCUT2D eigenvalue weighted by Gasteiger charge is 2.29. The third-order valence-corrected chi connectivity index (χ3v) is 6.51. The maximum absolute atomic E-state index is 13.0. The molecular formula is C24H24ClN7O3. The zero-order valence-electron chi connectivity index (χ0n) is 19.1. The molecule has 11 heteroatoms. The van der Waals surface area contributed by atoms with Gasteiger partial charge in [0.05, 0.1) is 24.0 Å². The van der Waals surface area contributed by atoms with Crippen LogP contribution in [0.2, 0.25) is 5.02 Å². The first-order chi connectivity index (χ1) is 17.0. The van der Waals surface area contributed by atoms with Crippen molar-refractivity contribution in [3.05, 3.63) is 65.3 Å². The summed E-state index contributed by atoms with van der Waals surface area (Å²) in [7, 11) is 1.52. The van der Waals surface area contributed by atoms with Crippen LogP contribution in [-0.4, -0.2) is 61.5 Å². The Kier molecular flexibility index (Phi) is 6.37. The minimum atomic E-state index is -0.184. The highest BCUT2D eigenvalue weighted by Crippen LogP contribution is 2.29. The summed E-state index contributed by atoms with van der Waals surface area (Å²) in [5.41, 5.74) is 3.37. The average molecular weight is 494 g/mol. The minimum absolute atomic E-state index is 0.00338. The zero-order valence-corrected chi connectivity index (χ0v) is 19.8. The fourth-order valence-corrected chi connectivity index (χ4v) is 4.41. The number of ether oxygens (including phenoxy) is 1. The Morgan fingerprint density at radius 3 is 2.83 bits per heavy atom. The van der Waals surface area contributed by atoms with Crippen molar-refractivity contribution in [2.45, 2.75) is 19.4 Å². The summed E-state index contributed by atoms with van der Waals surface area (Å²) in [5.74, 6) is 0.0986. The van der Waals surface area contributed by atoms with Gasteiger partial charge in [0, 0.05) is 55.8 Å². The van der Waals surface area contributed by atoms with Crippen LogP contribution in [0.1, 0.15) is 28.9 Å². The normalized spacial score (nSPS) is 14.3. The van der Waals surface area contributed by atoms with E-state index >= 15 is 0 Å². The predicted octanol–water partition coefficient (Wildman–Crippen LogP) is 2.95. The molecule has 0 saturated carbocycles. The Bertz CT molecular complexity index is 1370. The number of amides is 2. The molecule has 1 aliphatic rings. The molecule has 0 atom stereocenters. The van der Waals surface area contributed by atoms with Gasteiger partial charge in [0.1, 0.15) is 5.65 Å². The van der Waals surface area contributed by atoms with Gasteiger partial charge in [-0.1, -0.05) is 11.6 Å². The Balaban J connectivity index is 1.16. The number of pyridine rings is 2. The molecular weight excluding hydrogens is 470 g/mol. The molecule has 5 heterocycles. The Hall–Kier alpha value is -3.92. The molecule has 35 heavy (non-hydrogen) atoms. The minimum Gasteiger partial charge on any atom is -0.481 e. The quantitative estimate of drug-likeness (QED) is 0.426. The second kappa shape index (κ2) is 9.75. The molecule has 5 rings (SSSR count). The van der Waals surface area contributed by atoms with E-state index in [1.807, 2.05) is 28.9 Å². The number of nitrogens with zero attached hydrogens (tertiary/aromatic N) is 5. The Labute approximate surface area is 206 Å². The van der Waals surface area contributed by atoms with Crippen molar-refractivity contribution in [2.24, 2.45) is 5.92 Å². The van der Waals surface area contributed by atoms with Crippen molar-refractivity contribution >= 4 is 29.1 Å². The van der Waals surface area contributed by atoms with Crippen LogP contribution >= 0.6 is 11.6 Å². The third-order valence-electron chi connectivity index (χ3n) is 6.21. The number of hydrogen-bond donors (Lipinski definition) is 2. The standard InChI is InChI=1S/C24H24ClN7O3/c1-35-22-11-17(18(25)14-27-22)19-12-20(30-29-19)24(34)32-7-3-16(4-8-32)23(33)28-13-15-2-6-31-9-5-26-21(31)10-15/h2,5-6,9-12,14,16H,3-4,7-8,13H2,1H3,(H,28,33)(H,29,30). The molecule has 180 valence electrons. The number of imidazole rings is 1. The first-order valence-electron chi connectivity index (χ1n) is 11.3. The Morgan fingerprint density at radius 2 is 2.03 bits per heavy atom. The van der Waals surface area contributed by atoms with Crippen LogP contribution in [0, 0.1) is 5.92 Å². The number of H-pyrrole nitrogens is 1. The molecule has 1 saturated heterocycles. The SMILES string of the molecule is COc1cc(-c2cc(C(=O)N3CCC(C(=O)NCc4ccn5ccnc5c4)CC3)n[nH]2)c(Cl)cn1. The largest absolute Gasteiger partial charge is 0.481 e. The first-order valence-corrected chi connectivity index (χ1v) is 11.6. The molecule has 0 spiro atoms. The summed E-state index contributed by atoms with van der Waals surface area (Å²) in [6, 6.07) is 7.26. The van der Waals surface area contributed by atoms with Crippen molar-refractivity contribution < 1.29 is 14.3 Å². The van der Waals surface area contributed by atoms with Crippen molar-refractivity contribution in [1.29, 1.82) is 0 Å². The van der Waals surface area contributed by atoms with E-state index in [2.05, 4.69) is 25.5 Å². The van der Waals surface area contributed by atoms with Crippen LogP contribution < -0.4 is 10.1 Å². The molecule has 0 aliphatic carbocycles. The number of nitrogens with one attached hydrogen (secondary N) is 2. The number of methoxy groups -OCH3 is 1. The van der Waals surface area contributed by atoms with Crippen molar-refractivity contribution in [2.75, 3.05) is 20.2 Å². The van der Waals surface area contributed by atoms with E-state index < -0.39 is 0 Å². The molecule has 4 aromatic rings. The van der Waals surface area contributed by atoms with Gasteiger partial charge >= 0.3 is 0 Å². The number of aromatic nitrogens is 5. The van der Waals surface area contributed by atoms with Gasteiger partial charge in [-0.25, -0.2) is 9.97 Å². The second-order valence-electron chi connectivity index (χ2n) is 8.39. The van der Waals surface area contributed by atoms with Gasteiger partial charge in [0.25, 0.3) is 5.91 Å². The molecule has 2 amide bonds. The smallest absolute Gasteiger partial charge is 0.274 e. The first kappa shape index (κ1) is 22.9. The fraction of sp³-hybridized carbons (Fsp3) is 0.292. The van der Waals surface area contributed by atoms with Crippen molar-refractivity contribution in [3.8, 4) is 17.1 Å². The van der Waals surface area contributed by atoms with E-state index in [4.69, 9.17) is 16.3 Å². The van der Waals surface area contributed by atoms with Gasteiger partial charge in [-0.3, -0.25) is 14.7 Å². The number of piperidine rings is 1. The Morgan fingerprint density at radius 1 is 1.20 bits per heavy atom. The number of fused-ring (bicyclic) bond motifs is 1. The summed E-state index contributed by atoms with van der Waals surface area (Å²) in [4.78, 5) is 35.7. The van der Waals surface area contributed by atoms with Crippen LogP contribution in [0.15, 0.2) is 49.1 Å². The van der Waals surface area contributed by atoms with Crippen LogP contribution in [-0.2, 0) is 11.3 Å². The number of halogens is 1. The van der Waals surface area contributed by atoms with Crippen molar-refractivity contribution in [3.63, 3.8) is 0 Å². The lowest BCUT2D eigenvalue weighted by molar-refractivity contribution is -0.126. The van der Waals surface area contributed by atoms with Crippen LogP contribution in [0.3, 0.4) is 0 Å². The highest BCUT2D eigenvalue weighted by atomic mass is 35.5. The molecule has 0 aromatic carbocycles. The van der Waals surface area contributed by atoms with E-state index in [1.54, 1.807) is 23.2 Å². The molecule has 1 fully saturated rings. The lowest BCUT2D eigenvalue weighted by Gasteiger charge is -2.30. The van der Waals surface area contributed by atoms with Crippen LogP contribution in [0.5, 0.6) is 5.88 Å². The molecule has 0 radical (unpaired) electrons. The lowest BCUT2D eigenvalue weighted by atomic mass is 9.95. The zero-order chi connectivity index (χ0) is 24.4. The molecule has 0 bridgehead atoms. The summed E-state index contributed by atoms with van der Waals surface area (Å²) in [5, 5.41) is 10.5. The molecule has 2 N–H and O–H groups in total. The average Bonchev–Trinajstić information content (AvgIpc) is 3.57. The topological polar surface area (TPSA) is 118 Å². The fourth-order valence-electron chi connectivity index (χ4n) is 4.21. The van der Waals surface area contributed by atoms with Gasteiger partial charge < -0.3 is 19.4 Å². The maximum Gasteiger partial charge on any atom is 0.274 e. The summed E-state index contributed by atoms with van der Waals surface area (Å²) in [6.45, 7) is 1.42. The number of aromatic amines is 1. The van der Waals surface area contributed by atoms with Gasteiger partial charge in [-0.05, 0) is 36.6 Å². The third kappa shape index (κ3) is 4.83. The van der Waals surface area contributed by atoms with Crippen molar-refractivity contribution in [1.82, 2.24) is 34.8 Å². The molecule has 1 aliphatic heterocycles. The maximum atomic E-state index is 13.0. The summed E-state index contributed by atoms with van der Waals surface area (Å²) < 4.78 is 7.07. The molecule has 4 aromatic heterocycles. The van der Waals surface area contributed by atoms with Crippen LogP contribution in [0.4, 0.5) is 0 Å². The lowest BCUT2D eigenvalue weighted by Crippen LogP contribution is -2.43. The summed E-state index contributed by atoms with van der Waals surface area (Å²) >= 11 is 6.25. The van der Waals surface area contributed by atoms with Gasteiger partial charge in [0.2, 0.25) is 11.8 Å². The number of likely N-dealkylation sites (tertiary alicyclic amines) is 1. The number of carbonyl (C=O) groups is 2. The number of hydrogen-bond acceptors (Lipinski definition) is 6. The molecule has 0 unspecified atom stereocenters. The van der Waals surface area contributed by atoms with E-state index in [1.165, 1.54) is 13.3 Å². The van der Waals surface area contributed by atoms with E-state index in [0.717, 1.165) is 11.2 Å². The van der Waals surface area contributed by atoms with E-state index in [-0.39, 0.29) is 17.7 Å². The summed E-state index contributed by atoms with van der Waals surface area (Å²) in [6.07, 6.45) is 8.23. The predicted molar refractivity (Wildman–Crippen MR) is 129 cm³/mol. The number of carbonyl (C=O) groups excluding carboxylic acids is 2. The molecule has 10 nitrogen and oxygen atoms in total. The van der Waals surface area contributed by atoms with Gasteiger partial charge in [0.15, 0.2) is 5.69 Å². The van der Waals surface area contributed by atoms with Gasteiger partial charge in [-0.2, -0.15) is 5.10 Å².